The Kier molecular flexibility index (Phi) is 4.52. The van der Waals surface area contributed by atoms with Crippen molar-refractivity contribution in [2.45, 2.75) is 33.4 Å². The maximum absolute atomic E-state index is 5.77. The van der Waals surface area contributed by atoms with E-state index in [2.05, 4.69) is 35.4 Å². The van der Waals surface area contributed by atoms with Crippen LogP contribution in [0.2, 0.25) is 0 Å². The summed E-state index contributed by atoms with van der Waals surface area (Å²) >= 11 is 0. The van der Waals surface area contributed by atoms with E-state index in [1.165, 1.54) is 0 Å². The molecule has 0 aliphatic rings. The van der Waals surface area contributed by atoms with Gasteiger partial charge < -0.3 is 14.6 Å². The quantitative estimate of drug-likeness (QED) is 0.866. The molecule has 0 aliphatic heterocycles. The Hall–Kier alpha value is -1.88. The number of nitrogens with zero attached hydrogens (tertiary/aromatic N) is 2. The topological polar surface area (TPSA) is 60.2 Å². The lowest BCUT2D eigenvalue weighted by atomic mass is 10.1. The number of aryl methyl sites for hydroxylation is 1. The fourth-order valence-electron chi connectivity index (χ4n) is 1.92. The molecule has 5 nitrogen and oxygen atoms in total. The van der Waals surface area contributed by atoms with E-state index < -0.39 is 0 Å². The van der Waals surface area contributed by atoms with E-state index in [-0.39, 0.29) is 12.6 Å². The van der Waals surface area contributed by atoms with Crippen LogP contribution in [0, 0.1) is 6.92 Å². The van der Waals surface area contributed by atoms with Crippen molar-refractivity contribution >= 4 is 0 Å². The smallest absolute Gasteiger partial charge is 0.264 e. The molecule has 0 spiro atoms. The molecule has 0 amide bonds. The molecule has 1 aromatic carbocycles. The number of hydrogen-bond donors (Lipinski definition) is 1. The van der Waals surface area contributed by atoms with E-state index in [4.69, 9.17) is 9.26 Å². The first-order chi connectivity index (χ1) is 9.20. The third kappa shape index (κ3) is 3.54. The van der Waals surface area contributed by atoms with Gasteiger partial charge in [-0.25, -0.2) is 0 Å². The monoisotopic (exact) mass is 261 g/mol. The predicted octanol–water partition coefficient (Wildman–Crippen LogP) is 2.63. The van der Waals surface area contributed by atoms with Gasteiger partial charge in [-0.05, 0) is 26.5 Å². The van der Waals surface area contributed by atoms with Crippen LogP contribution in [0.15, 0.2) is 28.8 Å². The molecule has 0 fully saturated rings. The fraction of sp³-hybridized carbons (Fsp3) is 0.429. The second-order valence-electron chi connectivity index (χ2n) is 4.34. The van der Waals surface area contributed by atoms with Crippen LogP contribution in [0.3, 0.4) is 0 Å². The molecular weight excluding hydrogens is 242 g/mol. The molecule has 0 bridgehead atoms. The third-order valence-corrected chi connectivity index (χ3v) is 2.82. The highest BCUT2D eigenvalue weighted by Gasteiger charge is 2.11. The first-order valence-corrected chi connectivity index (χ1v) is 6.45. The highest BCUT2D eigenvalue weighted by Crippen LogP contribution is 2.25. The van der Waals surface area contributed by atoms with Gasteiger partial charge in [0.1, 0.15) is 5.75 Å². The average molecular weight is 261 g/mol. The largest absolute Gasteiger partial charge is 0.483 e. The van der Waals surface area contributed by atoms with Crippen molar-refractivity contribution < 1.29 is 9.26 Å². The molecule has 0 saturated carbocycles. The van der Waals surface area contributed by atoms with Crippen molar-refractivity contribution in [3.63, 3.8) is 0 Å². The van der Waals surface area contributed by atoms with Gasteiger partial charge >= 0.3 is 0 Å². The van der Waals surface area contributed by atoms with Gasteiger partial charge in [-0.15, -0.1) is 0 Å². The van der Waals surface area contributed by atoms with Crippen LogP contribution < -0.4 is 10.1 Å². The lowest BCUT2D eigenvalue weighted by molar-refractivity contribution is 0.239. The zero-order chi connectivity index (χ0) is 13.7. The first kappa shape index (κ1) is 13.5. The van der Waals surface area contributed by atoms with Gasteiger partial charge in [0.05, 0.1) is 0 Å². The minimum absolute atomic E-state index is 0.241. The van der Waals surface area contributed by atoms with Crippen LogP contribution in [0.25, 0.3) is 0 Å². The third-order valence-electron chi connectivity index (χ3n) is 2.82. The summed E-state index contributed by atoms with van der Waals surface area (Å²) in [6.45, 7) is 7.19. The van der Waals surface area contributed by atoms with Crippen molar-refractivity contribution in [3.8, 4) is 5.75 Å². The summed E-state index contributed by atoms with van der Waals surface area (Å²) in [4.78, 5) is 4.12. The van der Waals surface area contributed by atoms with Gasteiger partial charge in [0.25, 0.3) is 5.89 Å². The first-order valence-electron chi connectivity index (χ1n) is 6.45. The lowest BCUT2D eigenvalue weighted by Gasteiger charge is -2.16. The predicted molar refractivity (Wildman–Crippen MR) is 71.9 cm³/mol. The maximum atomic E-state index is 5.77. The van der Waals surface area contributed by atoms with Crippen molar-refractivity contribution in [1.82, 2.24) is 15.5 Å². The second kappa shape index (κ2) is 6.33. The van der Waals surface area contributed by atoms with E-state index in [1.54, 1.807) is 6.92 Å². The number of hydrogen-bond acceptors (Lipinski definition) is 5. The van der Waals surface area contributed by atoms with E-state index in [9.17, 15) is 0 Å². The molecule has 1 heterocycles. The standard InChI is InChI=1S/C14H19N3O2/c1-4-15-10(2)12-7-5-6-8-13(12)18-9-14-16-11(3)17-19-14/h5-8,10,15H,4,9H2,1-3H3. The number of ether oxygens (including phenoxy) is 1. The molecule has 0 radical (unpaired) electrons. The van der Waals surface area contributed by atoms with Gasteiger partial charge in [-0.3, -0.25) is 0 Å². The Bertz CT molecular complexity index is 525. The van der Waals surface area contributed by atoms with E-state index in [0.29, 0.717) is 11.7 Å². The van der Waals surface area contributed by atoms with Crippen LogP contribution in [0.1, 0.15) is 37.2 Å². The van der Waals surface area contributed by atoms with E-state index >= 15 is 0 Å². The summed E-state index contributed by atoms with van der Waals surface area (Å²) in [7, 11) is 0. The van der Waals surface area contributed by atoms with Gasteiger partial charge in [0.2, 0.25) is 0 Å². The van der Waals surface area contributed by atoms with Crippen LogP contribution in [0.5, 0.6) is 5.75 Å². The number of rotatable bonds is 6. The Labute approximate surface area is 113 Å². The van der Waals surface area contributed by atoms with Crippen molar-refractivity contribution in [2.75, 3.05) is 6.54 Å². The molecular formula is C14H19N3O2. The summed E-state index contributed by atoms with van der Waals surface area (Å²) in [6.07, 6.45) is 0. The zero-order valence-electron chi connectivity index (χ0n) is 11.5. The SMILES string of the molecule is CCNC(C)c1ccccc1OCc1nc(C)no1. The molecule has 0 saturated heterocycles. The summed E-state index contributed by atoms with van der Waals surface area (Å²) in [5.74, 6) is 1.95. The maximum Gasteiger partial charge on any atom is 0.264 e. The number of nitrogens with one attached hydrogen (secondary N) is 1. The van der Waals surface area contributed by atoms with Gasteiger partial charge in [-0.1, -0.05) is 30.3 Å². The van der Waals surface area contributed by atoms with Crippen molar-refractivity contribution in [2.24, 2.45) is 0 Å². The van der Waals surface area contributed by atoms with Gasteiger partial charge in [0.15, 0.2) is 12.4 Å². The number of aromatic nitrogens is 2. The lowest BCUT2D eigenvalue weighted by Crippen LogP contribution is -2.18. The molecule has 19 heavy (non-hydrogen) atoms. The van der Waals surface area contributed by atoms with Gasteiger partial charge in [0, 0.05) is 11.6 Å². The van der Waals surface area contributed by atoms with Crippen LogP contribution >= 0.6 is 0 Å². The van der Waals surface area contributed by atoms with Gasteiger partial charge in [-0.2, -0.15) is 4.98 Å². The molecule has 0 aliphatic carbocycles. The highest BCUT2D eigenvalue weighted by atomic mass is 16.5. The Morgan fingerprint density at radius 3 is 2.84 bits per heavy atom. The summed E-state index contributed by atoms with van der Waals surface area (Å²) in [6, 6.07) is 8.21. The second-order valence-corrected chi connectivity index (χ2v) is 4.34. The Balaban J connectivity index is 2.07. The van der Waals surface area contributed by atoms with E-state index in [1.807, 2.05) is 18.2 Å². The molecule has 2 rings (SSSR count). The highest BCUT2D eigenvalue weighted by molar-refractivity contribution is 5.35. The van der Waals surface area contributed by atoms with E-state index in [0.717, 1.165) is 17.9 Å². The minimum Gasteiger partial charge on any atom is -0.483 e. The number of benzene rings is 1. The molecule has 1 N–H and O–H groups in total. The van der Waals surface area contributed by atoms with Crippen LogP contribution in [0.4, 0.5) is 0 Å². The Morgan fingerprint density at radius 1 is 1.37 bits per heavy atom. The normalized spacial score (nSPS) is 12.4. The minimum atomic E-state index is 0.241. The van der Waals surface area contributed by atoms with Crippen LogP contribution in [-0.4, -0.2) is 16.7 Å². The summed E-state index contributed by atoms with van der Waals surface area (Å²) in [5.41, 5.74) is 1.13. The average Bonchev–Trinajstić information content (AvgIpc) is 2.83. The van der Waals surface area contributed by atoms with Crippen molar-refractivity contribution in [1.29, 1.82) is 0 Å². The Morgan fingerprint density at radius 2 is 2.16 bits per heavy atom. The zero-order valence-corrected chi connectivity index (χ0v) is 11.5. The van der Waals surface area contributed by atoms with Crippen LogP contribution in [-0.2, 0) is 6.61 Å². The number of para-hydroxylation sites is 1. The molecule has 1 aromatic heterocycles. The fourth-order valence-corrected chi connectivity index (χ4v) is 1.92. The molecule has 102 valence electrons. The summed E-state index contributed by atoms with van der Waals surface area (Å²) < 4.78 is 10.8. The summed E-state index contributed by atoms with van der Waals surface area (Å²) in [5, 5.41) is 7.11. The van der Waals surface area contributed by atoms with Crippen molar-refractivity contribution in [3.05, 3.63) is 41.5 Å². The molecule has 1 atom stereocenters. The molecule has 5 heteroatoms. The molecule has 1 unspecified atom stereocenters. The molecule has 2 aromatic rings.